The average molecular weight is 754 g/mol. The number of urea groups is 1. The molecule has 0 radical (unpaired) electrons. The summed E-state index contributed by atoms with van der Waals surface area (Å²) in [5.74, 6) is -0.109. The van der Waals surface area contributed by atoms with Gasteiger partial charge in [-0.25, -0.2) is 9.69 Å². The molecule has 11 nitrogen and oxygen atoms in total. The van der Waals surface area contributed by atoms with E-state index >= 15 is 0 Å². The number of nitro benzene ring substituents is 1. The molecular formula is C26H20I2N4O7. The molecule has 2 N–H and O–H groups in total. The van der Waals surface area contributed by atoms with Crippen LogP contribution in [0.1, 0.15) is 11.1 Å². The van der Waals surface area contributed by atoms with Gasteiger partial charge in [0.05, 0.1) is 24.9 Å². The fraction of sp³-hybridized carbons (Fsp3) is 0.115. The molecule has 1 saturated heterocycles. The van der Waals surface area contributed by atoms with Crippen LogP contribution in [0, 0.1) is 17.3 Å². The summed E-state index contributed by atoms with van der Waals surface area (Å²) < 4.78 is 12.7. The molecule has 1 heterocycles. The van der Waals surface area contributed by atoms with E-state index in [1.54, 1.807) is 48.5 Å². The predicted molar refractivity (Wildman–Crippen MR) is 159 cm³/mol. The molecule has 1 aliphatic rings. The highest BCUT2D eigenvalue weighted by atomic mass is 127. The van der Waals surface area contributed by atoms with Gasteiger partial charge < -0.3 is 20.1 Å². The Kier molecular flexibility index (Phi) is 9.01. The van der Waals surface area contributed by atoms with E-state index in [2.05, 4.69) is 55.8 Å². The van der Waals surface area contributed by atoms with E-state index in [0.717, 1.165) is 17.6 Å². The van der Waals surface area contributed by atoms with Gasteiger partial charge in [-0.1, -0.05) is 12.1 Å². The molecule has 39 heavy (non-hydrogen) atoms. The van der Waals surface area contributed by atoms with Crippen LogP contribution in [-0.4, -0.2) is 41.3 Å². The number of benzene rings is 3. The Hall–Kier alpha value is -3.73. The van der Waals surface area contributed by atoms with E-state index in [0.29, 0.717) is 22.7 Å². The van der Waals surface area contributed by atoms with Gasteiger partial charge >= 0.3 is 6.03 Å². The Morgan fingerprint density at radius 2 is 1.77 bits per heavy atom. The lowest BCUT2D eigenvalue weighted by molar-refractivity contribution is -0.384. The van der Waals surface area contributed by atoms with Crippen molar-refractivity contribution in [3.63, 3.8) is 0 Å². The number of nitrogens with one attached hydrogen (secondary N) is 2. The normalized spacial score (nSPS) is 13.8. The number of carbonyl (C=O) groups is 3. The highest BCUT2D eigenvalue weighted by Crippen LogP contribution is 2.31. The van der Waals surface area contributed by atoms with Gasteiger partial charge in [0.1, 0.15) is 30.3 Å². The van der Waals surface area contributed by atoms with Gasteiger partial charge in [0.25, 0.3) is 11.6 Å². The molecule has 3 aromatic rings. The van der Waals surface area contributed by atoms with Crippen molar-refractivity contribution in [2.75, 3.05) is 19.0 Å². The van der Waals surface area contributed by atoms with E-state index in [9.17, 15) is 24.5 Å². The number of amides is 4. The van der Waals surface area contributed by atoms with Crippen molar-refractivity contribution in [2.24, 2.45) is 0 Å². The van der Waals surface area contributed by atoms with Crippen LogP contribution < -0.4 is 20.1 Å². The molecule has 0 unspecified atom stereocenters. The van der Waals surface area contributed by atoms with E-state index in [1.807, 2.05) is 0 Å². The summed E-state index contributed by atoms with van der Waals surface area (Å²) in [5, 5.41) is 16.0. The molecule has 4 rings (SSSR count). The highest BCUT2D eigenvalue weighted by Gasteiger charge is 2.35. The molecule has 0 spiro atoms. The summed E-state index contributed by atoms with van der Waals surface area (Å²) in [4.78, 5) is 49.1. The molecule has 4 amide bonds. The van der Waals surface area contributed by atoms with Gasteiger partial charge in [-0.3, -0.25) is 19.7 Å². The number of methoxy groups -OCH3 is 1. The third-order valence-corrected chi connectivity index (χ3v) is 7.11. The standard InChI is InChI=1S/C26H20I2N4O7/c1-38-22-5-3-2-4-20(22)29-23(33)13-31-25(34)21(30-26(31)35)12-16-10-18(27)24(19(28)11-16)39-14-15-6-8-17(9-7-15)32(36)37/h2-12H,13-14H2,1H3,(H,29,33)(H,30,35)/b21-12+. The van der Waals surface area contributed by atoms with Crippen LogP contribution in [0.15, 0.2) is 66.4 Å². The summed E-state index contributed by atoms with van der Waals surface area (Å²) in [7, 11) is 1.47. The monoisotopic (exact) mass is 754 g/mol. The lowest BCUT2D eigenvalue weighted by atomic mass is 10.2. The van der Waals surface area contributed by atoms with Crippen molar-refractivity contribution in [2.45, 2.75) is 6.61 Å². The summed E-state index contributed by atoms with van der Waals surface area (Å²) in [6.45, 7) is -0.255. The first-order chi connectivity index (χ1) is 18.7. The zero-order chi connectivity index (χ0) is 28.1. The number of imide groups is 1. The van der Waals surface area contributed by atoms with Gasteiger partial charge in [0.15, 0.2) is 0 Å². The Morgan fingerprint density at radius 3 is 2.41 bits per heavy atom. The fourth-order valence-electron chi connectivity index (χ4n) is 3.63. The minimum Gasteiger partial charge on any atom is -0.495 e. The number of carbonyl (C=O) groups excluding carboxylic acids is 3. The highest BCUT2D eigenvalue weighted by molar-refractivity contribution is 14.1. The van der Waals surface area contributed by atoms with Gasteiger partial charge in [0, 0.05) is 12.1 Å². The van der Waals surface area contributed by atoms with Gasteiger partial charge in [-0.05, 0) is 98.8 Å². The SMILES string of the molecule is COc1ccccc1NC(=O)CN1C(=O)N/C(=C/c2cc(I)c(OCc3ccc([N+](=O)[O-])cc3)c(I)c2)C1=O. The van der Waals surface area contributed by atoms with Crippen molar-refractivity contribution >= 4 is 80.5 Å². The quantitative estimate of drug-likeness (QED) is 0.104. The number of para-hydroxylation sites is 2. The minimum atomic E-state index is -0.700. The molecule has 0 atom stereocenters. The maximum absolute atomic E-state index is 12.9. The second kappa shape index (κ2) is 12.4. The summed E-state index contributed by atoms with van der Waals surface area (Å²) in [6, 6.07) is 15.8. The number of hydrogen-bond donors (Lipinski definition) is 2. The van der Waals surface area contributed by atoms with Crippen LogP contribution in [0.4, 0.5) is 16.2 Å². The van der Waals surface area contributed by atoms with Crippen LogP contribution >= 0.6 is 45.2 Å². The number of non-ortho nitro benzene ring substituents is 1. The molecule has 0 aromatic heterocycles. The van der Waals surface area contributed by atoms with Crippen LogP contribution in [-0.2, 0) is 16.2 Å². The molecule has 1 aliphatic heterocycles. The van der Waals surface area contributed by atoms with E-state index < -0.39 is 29.3 Å². The minimum absolute atomic E-state index is 0.00414. The van der Waals surface area contributed by atoms with Gasteiger partial charge in [-0.15, -0.1) is 0 Å². The zero-order valence-corrected chi connectivity index (χ0v) is 24.6. The number of rotatable bonds is 9. The number of nitro groups is 1. The number of anilines is 1. The van der Waals surface area contributed by atoms with Crippen molar-refractivity contribution in [3.05, 3.63) is 94.7 Å². The van der Waals surface area contributed by atoms with Crippen LogP contribution in [0.5, 0.6) is 11.5 Å². The molecule has 0 saturated carbocycles. The van der Waals surface area contributed by atoms with Crippen LogP contribution in [0.3, 0.4) is 0 Å². The van der Waals surface area contributed by atoms with E-state index in [4.69, 9.17) is 9.47 Å². The van der Waals surface area contributed by atoms with Gasteiger partial charge in [-0.2, -0.15) is 0 Å². The first kappa shape index (κ1) is 28.3. The Balaban J connectivity index is 1.43. The molecular weight excluding hydrogens is 734 g/mol. The second-order valence-electron chi connectivity index (χ2n) is 8.15. The molecule has 0 aliphatic carbocycles. The zero-order valence-electron chi connectivity index (χ0n) is 20.3. The summed E-state index contributed by atoms with van der Waals surface area (Å²) in [5.41, 5.74) is 1.89. The van der Waals surface area contributed by atoms with Gasteiger partial charge in [0.2, 0.25) is 5.91 Å². The number of nitrogens with zero attached hydrogens (tertiary/aromatic N) is 2. The van der Waals surface area contributed by atoms with Crippen LogP contribution in [0.2, 0.25) is 0 Å². The summed E-state index contributed by atoms with van der Waals surface area (Å²) in [6.07, 6.45) is 1.53. The molecule has 3 aromatic carbocycles. The molecule has 1 fully saturated rings. The van der Waals surface area contributed by atoms with Crippen molar-refractivity contribution < 1.29 is 28.8 Å². The lowest BCUT2D eigenvalue weighted by Gasteiger charge is -2.13. The third kappa shape index (κ3) is 6.83. The smallest absolute Gasteiger partial charge is 0.329 e. The number of hydrogen-bond acceptors (Lipinski definition) is 7. The van der Waals surface area contributed by atoms with Crippen molar-refractivity contribution in [3.8, 4) is 11.5 Å². The first-order valence-electron chi connectivity index (χ1n) is 11.3. The second-order valence-corrected chi connectivity index (χ2v) is 10.5. The van der Waals surface area contributed by atoms with E-state index in [1.165, 1.54) is 25.3 Å². The topological polar surface area (TPSA) is 140 Å². The Labute approximate surface area is 250 Å². The maximum atomic E-state index is 12.9. The van der Waals surface area contributed by atoms with Crippen LogP contribution in [0.25, 0.3) is 6.08 Å². The number of halogens is 2. The fourth-order valence-corrected chi connectivity index (χ4v) is 5.76. The average Bonchev–Trinajstić information content (AvgIpc) is 3.15. The Morgan fingerprint density at radius 1 is 1.10 bits per heavy atom. The molecule has 0 bridgehead atoms. The number of ether oxygens (including phenoxy) is 2. The maximum Gasteiger partial charge on any atom is 0.329 e. The molecule has 13 heteroatoms. The predicted octanol–water partition coefficient (Wildman–Crippen LogP) is 4.92. The lowest BCUT2D eigenvalue weighted by Crippen LogP contribution is -2.38. The molecule has 200 valence electrons. The largest absolute Gasteiger partial charge is 0.495 e. The third-order valence-electron chi connectivity index (χ3n) is 5.51. The van der Waals surface area contributed by atoms with Crippen molar-refractivity contribution in [1.29, 1.82) is 0 Å². The first-order valence-corrected chi connectivity index (χ1v) is 13.4. The Bertz CT molecular complexity index is 1470. The van der Waals surface area contributed by atoms with Crippen molar-refractivity contribution in [1.82, 2.24) is 10.2 Å². The van der Waals surface area contributed by atoms with E-state index in [-0.39, 0.29) is 18.0 Å². The summed E-state index contributed by atoms with van der Waals surface area (Å²) >= 11 is 4.21.